The molecule has 1 heterocycles. The van der Waals surface area contributed by atoms with Gasteiger partial charge < -0.3 is 14.1 Å². The van der Waals surface area contributed by atoms with E-state index in [0.29, 0.717) is 11.8 Å². The van der Waals surface area contributed by atoms with Crippen LogP contribution in [0.4, 0.5) is 5.69 Å². The Balaban J connectivity index is 1.71. The van der Waals surface area contributed by atoms with Gasteiger partial charge in [0, 0.05) is 29.9 Å². The molecule has 0 atom stereocenters. The van der Waals surface area contributed by atoms with Crippen molar-refractivity contribution in [3.8, 4) is 28.7 Å². The van der Waals surface area contributed by atoms with Gasteiger partial charge in [0.2, 0.25) is 11.8 Å². The molecule has 3 aromatic rings. The Hall–Kier alpha value is -2.82. The van der Waals surface area contributed by atoms with Gasteiger partial charge in [-0.1, -0.05) is 13.3 Å². The van der Waals surface area contributed by atoms with Crippen molar-refractivity contribution < 1.29 is 9.15 Å². The molecule has 0 spiro atoms. The average molecular weight is 365 g/mol. The van der Waals surface area contributed by atoms with Crippen molar-refractivity contribution >= 4 is 5.69 Å². The van der Waals surface area contributed by atoms with Crippen LogP contribution in [0.25, 0.3) is 22.9 Å². The summed E-state index contributed by atoms with van der Waals surface area (Å²) in [5.41, 5.74) is 3.00. The van der Waals surface area contributed by atoms with Crippen molar-refractivity contribution in [2.75, 3.05) is 24.6 Å². The van der Waals surface area contributed by atoms with Crippen LogP contribution in [-0.4, -0.2) is 29.9 Å². The molecule has 2 aromatic carbocycles. The van der Waals surface area contributed by atoms with Crippen LogP contribution in [0.5, 0.6) is 5.75 Å². The molecule has 0 unspecified atom stereocenters. The topological polar surface area (TPSA) is 51.4 Å². The van der Waals surface area contributed by atoms with Gasteiger partial charge in [-0.2, -0.15) is 0 Å². The lowest BCUT2D eigenvalue weighted by molar-refractivity contribution is 0.309. The van der Waals surface area contributed by atoms with Gasteiger partial charge >= 0.3 is 0 Å². The molecule has 0 aliphatic heterocycles. The smallest absolute Gasteiger partial charge is 0.248 e. The van der Waals surface area contributed by atoms with E-state index in [-0.39, 0.29) is 0 Å². The molecule has 0 saturated carbocycles. The molecule has 1 aromatic heterocycles. The molecule has 5 heteroatoms. The van der Waals surface area contributed by atoms with Gasteiger partial charge in [-0.3, -0.25) is 0 Å². The van der Waals surface area contributed by atoms with Crippen molar-refractivity contribution in [1.82, 2.24) is 10.2 Å². The molecule has 0 fully saturated rings. The van der Waals surface area contributed by atoms with E-state index < -0.39 is 0 Å². The molecular weight excluding hydrogens is 338 g/mol. The number of aromatic nitrogens is 2. The first-order chi connectivity index (χ1) is 13.2. The summed E-state index contributed by atoms with van der Waals surface area (Å²) in [6.07, 6.45) is 2.18. The lowest BCUT2D eigenvalue weighted by atomic mass is 10.2. The Morgan fingerprint density at radius 2 is 1.37 bits per heavy atom. The summed E-state index contributed by atoms with van der Waals surface area (Å²) in [5.74, 6) is 1.90. The van der Waals surface area contributed by atoms with Gasteiger partial charge in [-0.25, -0.2) is 0 Å². The summed E-state index contributed by atoms with van der Waals surface area (Å²) in [6, 6.07) is 16.0. The van der Waals surface area contributed by atoms with Gasteiger partial charge in [0.25, 0.3) is 0 Å². The van der Waals surface area contributed by atoms with E-state index in [9.17, 15) is 0 Å². The fourth-order valence-corrected chi connectivity index (χ4v) is 2.89. The van der Waals surface area contributed by atoms with Crippen LogP contribution in [0.15, 0.2) is 52.9 Å². The molecule has 0 aliphatic rings. The number of nitrogens with zero attached hydrogens (tertiary/aromatic N) is 3. The highest BCUT2D eigenvalue weighted by molar-refractivity contribution is 5.61. The largest absolute Gasteiger partial charge is 0.494 e. The maximum absolute atomic E-state index is 5.87. The number of anilines is 1. The van der Waals surface area contributed by atoms with E-state index in [0.717, 1.165) is 49.4 Å². The molecule has 0 bridgehead atoms. The monoisotopic (exact) mass is 365 g/mol. The van der Waals surface area contributed by atoms with Crippen LogP contribution < -0.4 is 9.64 Å². The average Bonchev–Trinajstić information content (AvgIpc) is 3.20. The Labute approximate surface area is 161 Å². The Kier molecular flexibility index (Phi) is 6.47. The van der Waals surface area contributed by atoms with Gasteiger partial charge in [-0.15, -0.1) is 10.2 Å². The third-order valence-electron chi connectivity index (χ3n) is 4.54. The first-order valence-corrected chi connectivity index (χ1v) is 9.67. The Morgan fingerprint density at radius 3 is 1.89 bits per heavy atom. The zero-order chi connectivity index (χ0) is 19.1. The third kappa shape index (κ3) is 4.67. The number of ether oxygens (including phenoxy) is 1. The van der Waals surface area contributed by atoms with Crippen LogP contribution in [-0.2, 0) is 0 Å². The molecule has 0 aliphatic carbocycles. The van der Waals surface area contributed by atoms with Gasteiger partial charge in [0.1, 0.15) is 5.75 Å². The number of hydrogen-bond donors (Lipinski definition) is 0. The van der Waals surface area contributed by atoms with Crippen LogP contribution >= 0.6 is 0 Å². The zero-order valence-corrected chi connectivity index (χ0v) is 16.3. The minimum Gasteiger partial charge on any atom is -0.494 e. The molecule has 0 N–H and O–H groups in total. The van der Waals surface area contributed by atoms with E-state index in [1.54, 1.807) is 0 Å². The number of benzene rings is 2. The molecular formula is C22H27N3O2. The fraction of sp³-hybridized carbons (Fsp3) is 0.364. The fourth-order valence-electron chi connectivity index (χ4n) is 2.89. The van der Waals surface area contributed by atoms with E-state index in [1.807, 2.05) is 36.4 Å². The predicted octanol–water partition coefficient (Wildman–Crippen LogP) is 5.43. The first-order valence-electron chi connectivity index (χ1n) is 9.67. The van der Waals surface area contributed by atoms with Crippen molar-refractivity contribution in [1.29, 1.82) is 0 Å². The minimum absolute atomic E-state index is 0.512. The first kappa shape index (κ1) is 19.0. The molecule has 5 nitrogen and oxygen atoms in total. The zero-order valence-electron chi connectivity index (χ0n) is 16.3. The van der Waals surface area contributed by atoms with E-state index in [2.05, 4.69) is 48.0 Å². The highest BCUT2D eigenvalue weighted by atomic mass is 16.5. The Bertz CT molecular complexity index is 822. The maximum Gasteiger partial charge on any atom is 0.248 e. The van der Waals surface area contributed by atoms with Gasteiger partial charge in [0.05, 0.1) is 6.61 Å². The van der Waals surface area contributed by atoms with Crippen molar-refractivity contribution in [3.63, 3.8) is 0 Å². The van der Waals surface area contributed by atoms with E-state index in [4.69, 9.17) is 9.15 Å². The molecule has 27 heavy (non-hydrogen) atoms. The predicted molar refractivity (Wildman–Crippen MR) is 109 cm³/mol. The third-order valence-corrected chi connectivity index (χ3v) is 4.54. The SMILES string of the molecule is CCCCOc1ccc(-c2nnc(-c3ccc(N(CC)CC)cc3)o2)cc1. The summed E-state index contributed by atoms with van der Waals surface area (Å²) < 4.78 is 11.6. The summed E-state index contributed by atoms with van der Waals surface area (Å²) >= 11 is 0. The lowest BCUT2D eigenvalue weighted by Crippen LogP contribution is -2.21. The second-order valence-corrected chi connectivity index (χ2v) is 6.36. The standard InChI is InChI=1S/C22H27N3O2/c1-4-7-16-26-20-14-10-18(11-15-20)22-24-23-21(27-22)17-8-12-19(13-9-17)25(5-2)6-3/h8-15H,4-7,16H2,1-3H3. The van der Waals surface area contributed by atoms with Gasteiger partial charge in [-0.05, 0) is 68.8 Å². The molecule has 0 radical (unpaired) electrons. The lowest BCUT2D eigenvalue weighted by Gasteiger charge is -2.20. The number of rotatable bonds is 9. The summed E-state index contributed by atoms with van der Waals surface area (Å²) in [4.78, 5) is 2.30. The van der Waals surface area contributed by atoms with Crippen molar-refractivity contribution in [2.45, 2.75) is 33.6 Å². The molecule has 0 saturated heterocycles. The molecule has 142 valence electrons. The molecule has 3 rings (SSSR count). The van der Waals surface area contributed by atoms with Crippen LogP contribution in [0.3, 0.4) is 0 Å². The maximum atomic E-state index is 5.87. The second kappa shape index (κ2) is 9.21. The normalized spacial score (nSPS) is 10.8. The Morgan fingerprint density at radius 1 is 0.815 bits per heavy atom. The van der Waals surface area contributed by atoms with Crippen molar-refractivity contribution in [3.05, 3.63) is 48.5 Å². The van der Waals surface area contributed by atoms with Crippen molar-refractivity contribution in [2.24, 2.45) is 0 Å². The summed E-state index contributed by atoms with van der Waals surface area (Å²) in [7, 11) is 0. The van der Waals surface area contributed by atoms with E-state index in [1.165, 1.54) is 5.69 Å². The van der Waals surface area contributed by atoms with Crippen LogP contribution in [0.1, 0.15) is 33.6 Å². The highest BCUT2D eigenvalue weighted by Crippen LogP contribution is 2.27. The number of unbranched alkanes of at least 4 members (excludes halogenated alkanes) is 1. The van der Waals surface area contributed by atoms with Crippen LogP contribution in [0.2, 0.25) is 0 Å². The van der Waals surface area contributed by atoms with E-state index >= 15 is 0 Å². The summed E-state index contributed by atoms with van der Waals surface area (Å²) in [5, 5.41) is 8.39. The quantitative estimate of drug-likeness (QED) is 0.473. The summed E-state index contributed by atoms with van der Waals surface area (Å²) in [6.45, 7) is 9.17. The highest BCUT2D eigenvalue weighted by Gasteiger charge is 2.11. The second-order valence-electron chi connectivity index (χ2n) is 6.36. The van der Waals surface area contributed by atoms with Crippen LogP contribution in [0, 0.1) is 0 Å². The number of hydrogen-bond acceptors (Lipinski definition) is 5. The molecule has 0 amide bonds. The van der Waals surface area contributed by atoms with Gasteiger partial charge in [0.15, 0.2) is 0 Å². The minimum atomic E-state index is 0.512.